The number of hydrogen-bond donors (Lipinski definition) is 1. The number of thiazole rings is 1. The van der Waals surface area contributed by atoms with Gasteiger partial charge in [0.25, 0.3) is 0 Å². The number of aryl methyl sites for hydroxylation is 1. The van der Waals surface area contributed by atoms with Gasteiger partial charge in [-0.2, -0.15) is 0 Å². The number of nitrogens with zero attached hydrogens (tertiary/aromatic N) is 1. The minimum Gasteiger partial charge on any atom is -0.477 e. The van der Waals surface area contributed by atoms with Crippen molar-refractivity contribution in [3.8, 4) is 0 Å². The van der Waals surface area contributed by atoms with Crippen molar-refractivity contribution in [1.29, 1.82) is 0 Å². The lowest BCUT2D eigenvalue weighted by atomic mass is 9.92. The van der Waals surface area contributed by atoms with Crippen molar-refractivity contribution in [2.75, 3.05) is 0 Å². The van der Waals surface area contributed by atoms with Crippen LogP contribution in [0.4, 0.5) is 0 Å². The summed E-state index contributed by atoms with van der Waals surface area (Å²) in [4.78, 5) is 16.2. The molecule has 0 aromatic carbocycles. The van der Waals surface area contributed by atoms with Crippen LogP contribution >= 0.6 is 11.3 Å². The van der Waals surface area contributed by atoms with Crippen LogP contribution in [0.15, 0.2) is 0 Å². The summed E-state index contributed by atoms with van der Waals surface area (Å²) in [6.07, 6.45) is 9.56. The number of carboxylic acids is 1. The molecular weight excluding hydrogens is 246 g/mol. The molecule has 0 unspecified atom stereocenters. The molecule has 100 valence electrons. The van der Waals surface area contributed by atoms with Crippen molar-refractivity contribution in [1.82, 2.24) is 4.98 Å². The van der Waals surface area contributed by atoms with E-state index in [0.29, 0.717) is 17.2 Å². The molecule has 3 nitrogen and oxygen atoms in total. The Bertz CT molecular complexity index is 406. The maximum Gasteiger partial charge on any atom is 0.347 e. The molecule has 0 amide bonds. The number of carboxylic acid groups (broad SMARTS) is 1. The number of carbonyl (C=O) groups is 1. The third kappa shape index (κ3) is 3.10. The fourth-order valence-corrected chi connectivity index (χ4v) is 3.82. The lowest BCUT2D eigenvalue weighted by Crippen LogP contribution is -2.02. The summed E-state index contributed by atoms with van der Waals surface area (Å²) < 4.78 is 0. The molecule has 1 aromatic heterocycles. The average molecular weight is 267 g/mol. The molecule has 0 atom stereocenters. The van der Waals surface area contributed by atoms with Crippen LogP contribution in [0.3, 0.4) is 0 Å². The standard InChI is InChI=1S/C14H21NO2S/c1-2-11-12(14(16)17)18-13(15-11)10-8-6-4-3-5-7-9-10/h10H,2-9H2,1H3,(H,16,17). The second-order valence-corrected chi connectivity index (χ2v) is 6.06. The molecule has 0 bridgehead atoms. The zero-order valence-electron chi connectivity index (χ0n) is 10.9. The molecule has 0 aliphatic heterocycles. The average Bonchev–Trinajstić information content (AvgIpc) is 2.72. The molecule has 4 heteroatoms. The van der Waals surface area contributed by atoms with E-state index in [2.05, 4.69) is 4.98 Å². The molecule has 1 aliphatic rings. The highest BCUT2D eigenvalue weighted by molar-refractivity contribution is 7.13. The zero-order valence-corrected chi connectivity index (χ0v) is 11.8. The van der Waals surface area contributed by atoms with Gasteiger partial charge in [0.2, 0.25) is 0 Å². The molecule has 2 rings (SSSR count). The van der Waals surface area contributed by atoms with E-state index < -0.39 is 5.97 Å². The topological polar surface area (TPSA) is 50.2 Å². The minimum absolute atomic E-state index is 0.453. The van der Waals surface area contributed by atoms with E-state index in [1.165, 1.54) is 56.3 Å². The Labute approximate surface area is 112 Å². The summed E-state index contributed by atoms with van der Waals surface area (Å²) in [7, 11) is 0. The van der Waals surface area contributed by atoms with Crippen molar-refractivity contribution >= 4 is 17.3 Å². The largest absolute Gasteiger partial charge is 0.477 e. The van der Waals surface area contributed by atoms with E-state index in [1.807, 2.05) is 6.92 Å². The fraction of sp³-hybridized carbons (Fsp3) is 0.714. The molecule has 18 heavy (non-hydrogen) atoms. The van der Waals surface area contributed by atoms with Gasteiger partial charge >= 0.3 is 5.97 Å². The van der Waals surface area contributed by atoms with Gasteiger partial charge in [-0.25, -0.2) is 9.78 Å². The summed E-state index contributed by atoms with van der Waals surface area (Å²) in [5.41, 5.74) is 0.768. The van der Waals surface area contributed by atoms with E-state index in [1.54, 1.807) is 0 Å². The first-order chi connectivity index (χ1) is 8.72. The highest BCUT2D eigenvalue weighted by atomic mass is 32.1. The Kier molecular flexibility index (Phi) is 4.75. The van der Waals surface area contributed by atoms with Gasteiger partial charge in [0.05, 0.1) is 10.7 Å². The number of aromatic nitrogens is 1. The van der Waals surface area contributed by atoms with Crippen LogP contribution in [0.25, 0.3) is 0 Å². The molecule has 1 saturated carbocycles. The van der Waals surface area contributed by atoms with E-state index in [9.17, 15) is 9.90 Å². The molecule has 1 aliphatic carbocycles. The first kappa shape index (κ1) is 13.5. The van der Waals surface area contributed by atoms with Crippen molar-refractivity contribution in [3.05, 3.63) is 15.6 Å². The molecule has 1 fully saturated rings. The Morgan fingerprint density at radius 3 is 2.39 bits per heavy atom. The Morgan fingerprint density at radius 1 is 1.28 bits per heavy atom. The van der Waals surface area contributed by atoms with Gasteiger partial charge in [-0.3, -0.25) is 0 Å². The summed E-state index contributed by atoms with van der Waals surface area (Å²) in [5.74, 6) is -0.324. The van der Waals surface area contributed by atoms with Gasteiger partial charge < -0.3 is 5.11 Å². The number of rotatable bonds is 3. The summed E-state index contributed by atoms with van der Waals surface area (Å²) in [6.45, 7) is 1.98. The minimum atomic E-state index is -0.818. The quantitative estimate of drug-likeness (QED) is 0.891. The van der Waals surface area contributed by atoms with E-state index in [0.717, 1.165) is 10.7 Å². The molecule has 1 aromatic rings. The van der Waals surface area contributed by atoms with Crippen LogP contribution in [0.1, 0.15) is 78.2 Å². The smallest absolute Gasteiger partial charge is 0.347 e. The highest BCUT2D eigenvalue weighted by Crippen LogP contribution is 2.34. The van der Waals surface area contributed by atoms with Gasteiger partial charge in [-0.05, 0) is 19.3 Å². The number of hydrogen-bond acceptors (Lipinski definition) is 3. The van der Waals surface area contributed by atoms with Crippen molar-refractivity contribution in [2.24, 2.45) is 0 Å². The number of aromatic carboxylic acids is 1. The van der Waals surface area contributed by atoms with E-state index in [4.69, 9.17) is 0 Å². The monoisotopic (exact) mass is 267 g/mol. The molecule has 0 spiro atoms. The summed E-state index contributed by atoms with van der Waals surface area (Å²) >= 11 is 1.40. The maximum atomic E-state index is 11.2. The van der Waals surface area contributed by atoms with Crippen LogP contribution in [0, 0.1) is 0 Å². The van der Waals surface area contributed by atoms with Crippen LogP contribution < -0.4 is 0 Å². The van der Waals surface area contributed by atoms with Crippen LogP contribution in [-0.4, -0.2) is 16.1 Å². The Balaban J connectivity index is 2.18. The lowest BCUT2D eigenvalue weighted by molar-refractivity contribution is 0.0701. The predicted molar refractivity (Wildman–Crippen MR) is 73.5 cm³/mol. The fourth-order valence-electron chi connectivity index (χ4n) is 2.65. The molecule has 1 N–H and O–H groups in total. The van der Waals surface area contributed by atoms with Gasteiger partial charge in [-0.15, -0.1) is 11.3 Å². The first-order valence-electron chi connectivity index (χ1n) is 6.95. The van der Waals surface area contributed by atoms with Crippen LogP contribution in [0.5, 0.6) is 0 Å². The third-order valence-corrected chi connectivity index (χ3v) is 4.95. The second-order valence-electron chi connectivity index (χ2n) is 5.03. The normalized spacial score (nSPS) is 18.3. The second kappa shape index (κ2) is 6.32. The summed E-state index contributed by atoms with van der Waals surface area (Å²) in [6, 6.07) is 0. The highest BCUT2D eigenvalue weighted by Gasteiger charge is 2.22. The zero-order chi connectivity index (χ0) is 13.0. The molecular formula is C14H21NO2S. The Morgan fingerprint density at radius 2 is 1.89 bits per heavy atom. The van der Waals surface area contributed by atoms with E-state index >= 15 is 0 Å². The maximum absolute atomic E-state index is 11.2. The molecule has 0 radical (unpaired) electrons. The van der Waals surface area contributed by atoms with Crippen LogP contribution in [-0.2, 0) is 6.42 Å². The van der Waals surface area contributed by atoms with Crippen molar-refractivity contribution in [2.45, 2.75) is 64.2 Å². The first-order valence-corrected chi connectivity index (χ1v) is 7.77. The SMILES string of the molecule is CCc1nc(C2CCCCCCC2)sc1C(=O)O. The van der Waals surface area contributed by atoms with Crippen molar-refractivity contribution < 1.29 is 9.90 Å². The summed E-state index contributed by atoms with van der Waals surface area (Å²) in [5, 5.41) is 10.2. The molecule has 1 heterocycles. The van der Waals surface area contributed by atoms with Gasteiger partial charge in [0, 0.05) is 5.92 Å². The molecule has 0 saturated heterocycles. The third-order valence-electron chi connectivity index (χ3n) is 3.70. The van der Waals surface area contributed by atoms with E-state index in [-0.39, 0.29) is 0 Å². The van der Waals surface area contributed by atoms with Gasteiger partial charge in [0.15, 0.2) is 0 Å². The van der Waals surface area contributed by atoms with Crippen LogP contribution in [0.2, 0.25) is 0 Å². The lowest BCUT2D eigenvalue weighted by Gasteiger charge is -2.17. The predicted octanol–water partition coefficient (Wildman–Crippen LogP) is 4.23. The Hall–Kier alpha value is -0.900. The van der Waals surface area contributed by atoms with Gasteiger partial charge in [-0.1, -0.05) is 39.0 Å². The van der Waals surface area contributed by atoms with Gasteiger partial charge in [0.1, 0.15) is 4.88 Å². The van der Waals surface area contributed by atoms with Crippen molar-refractivity contribution in [3.63, 3.8) is 0 Å².